The molecule has 11 heteroatoms. The topological polar surface area (TPSA) is 111 Å². The molecule has 0 spiro atoms. The molecule has 10 nitrogen and oxygen atoms in total. The summed E-state index contributed by atoms with van der Waals surface area (Å²) in [7, 11) is 1.63. The number of hydrogen-bond acceptors (Lipinski definition) is 8. The van der Waals surface area contributed by atoms with Gasteiger partial charge in [0.05, 0.1) is 35.8 Å². The number of carbonyl (C=O) groups excluding carboxylic acids is 3. The van der Waals surface area contributed by atoms with E-state index in [2.05, 4.69) is 15.3 Å². The molecular formula is C23H18N6O4S. The minimum atomic E-state index is -0.352. The van der Waals surface area contributed by atoms with E-state index < -0.39 is 0 Å². The van der Waals surface area contributed by atoms with Crippen LogP contribution in [0.3, 0.4) is 0 Å². The van der Waals surface area contributed by atoms with Crippen LogP contribution in [-0.4, -0.2) is 54.8 Å². The summed E-state index contributed by atoms with van der Waals surface area (Å²) >= 11 is 1.50. The first-order chi connectivity index (χ1) is 16.5. The molecule has 0 bridgehead atoms. The van der Waals surface area contributed by atoms with Crippen LogP contribution in [-0.2, 0) is 16.1 Å². The third-order valence-electron chi connectivity index (χ3n) is 5.94. The van der Waals surface area contributed by atoms with Gasteiger partial charge in [-0.2, -0.15) is 5.01 Å². The minimum Gasteiger partial charge on any atom is -0.497 e. The second kappa shape index (κ2) is 7.73. The summed E-state index contributed by atoms with van der Waals surface area (Å²) in [6, 6.07) is 11.0. The van der Waals surface area contributed by atoms with Crippen LogP contribution in [0.15, 0.2) is 42.6 Å². The highest BCUT2D eigenvalue weighted by molar-refractivity contribution is 7.21. The third-order valence-corrected chi connectivity index (χ3v) is 6.98. The van der Waals surface area contributed by atoms with E-state index in [1.807, 2.05) is 24.3 Å². The number of ether oxygens (including phenoxy) is 1. The first-order valence-corrected chi connectivity index (χ1v) is 11.5. The Morgan fingerprint density at radius 3 is 2.65 bits per heavy atom. The summed E-state index contributed by atoms with van der Waals surface area (Å²) in [4.78, 5) is 42.1. The minimum absolute atomic E-state index is 0.154. The average molecular weight is 475 g/mol. The van der Waals surface area contributed by atoms with Crippen LogP contribution in [0, 0.1) is 0 Å². The van der Waals surface area contributed by atoms with Crippen molar-refractivity contribution in [1.29, 1.82) is 0 Å². The summed E-state index contributed by atoms with van der Waals surface area (Å²) in [5.74, 6) is -0.269. The van der Waals surface area contributed by atoms with E-state index in [0.717, 1.165) is 31.5 Å². The second-order valence-electron chi connectivity index (χ2n) is 8.06. The highest BCUT2D eigenvalue weighted by atomic mass is 32.1. The summed E-state index contributed by atoms with van der Waals surface area (Å²) in [6.07, 6.45) is 2.82. The molecule has 2 aliphatic rings. The van der Waals surface area contributed by atoms with Gasteiger partial charge < -0.3 is 4.74 Å². The lowest BCUT2D eigenvalue weighted by Crippen LogP contribution is -2.51. The molecule has 1 fully saturated rings. The number of imide groups is 1. The molecule has 1 saturated heterocycles. The first-order valence-electron chi connectivity index (χ1n) is 10.7. The van der Waals surface area contributed by atoms with Gasteiger partial charge in [-0.15, -0.1) is 16.4 Å². The van der Waals surface area contributed by atoms with Gasteiger partial charge in [0.15, 0.2) is 0 Å². The van der Waals surface area contributed by atoms with Crippen molar-refractivity contribution < 1.29 is 19.1 Å². The zero-order valence-electron chi connectivity index (χ0n) is 18.1. The van der Waals surface area contributed by atoms with Gasteiger partial charge in [0.25, 0.3) is 5.91 Å². The van der Waals surface area contributed by atoms with Gasteiger partial charge in [0.1, 0.15) is 16.5 Å². The Hall–Kier alpha value is -4.12. The quantitative estimate of drug-likeness (QED) is 0.418. The van der Waals surface area contributed by atoms with Gasteiger partial charge in [-0.05, 0) is 48.4 Å². The Kier molecular flexibility index (Phi) is 4.66. The number of nitrogens with zero attached hydrogens (tertiary/aromatic N) is 6. The molecule has 34 heavy (non-hydrogen) atoms. The van der Waals surface area contributed by atoms with E-state index in [-0.39, 0.29) is 37.1 Å². The number of methoxy groups -OCH3 is 1. The highest BCUT2D eigenvalue weighted by Crippen LogP contribution is 2.32. The van der Waals surface area contributed by atoms with Crippen molar-refractivity contribution in [3.05, 3.63) is 53.7 Å². The highest BCUT2D eigenvalue weighted by Gasteiger charge is 2.39. The van der Waals surface area contributed by atoms with Crippen molar-refractivity contribution >= 4 is 39.3 Å². The number of hydrogen-bond donors (Lipinski definition) is 0. The van der Waals surface area contributed by atoms with Gasteiger partial charge in [-0.1, -0.05) is 5.21 Å². The van der Waals surface area contributed by atoms with E-state index >= 15 is 0 Å². The van der Waals surface area contributed by atoms with Crippen molar-refractivity contribution in [1.82, 2.24) is 30.0 Å². The Morgan fingerprint density at radius 1 is 1.03 bits per heavy atom. The number of amides is 3. The van der Waals surface area contributed by atoms with E-state index in [4.69, 9.17) is 4.74 Å². The molecule has 4 aromatic rings. The van der Waals surface area contributed by atoms with Crippen LogP contribution in [0.2, 0.25) is 0 Å². The average Bonchev–Trinajstić information content (AvgIpc) is 3.56. The van der Waals surface area contributed by atoms with E-state index in [0.29, 0.717) is 23.4 Å². The van der Waals surface area contributed by atoms with E-state index in [9.17, 15) is 14.4 Å². The summed E-state index contributed by atoms with van der Waals surface area (Å²) in [5, 5.41) is 11.5. The molecular weight excluding hydrogens is 456 g/mol. The molecule has 3 amide bonds. The van der Waals surface area contributed by atoms with Gasteiger partial charge in [-0.25, -0.2) is 14.7 Å². The molecule has 4 heterocycles. The fourth-order valence-electron chi connectivity index (χ4n) is 4.24. The Balaban J connectivity index is 1.28. The Morgan fingerprint density at radius 2 is 1.85 bits per heavy atom. The fraction of sp³-hybridized carbons (Fsp3) is 0.217. The van der Waals surface area contributed by atoms with Gasteiger partial charge in [-0.3, -0.25) is 14.4 Å². The van der Waals surface area contributed by atoms with Crippen LogP contribution in [0.4, 0.5) is 0 Å². The normalized spacial score (nSPS) is 16.0. The molecule has 0 saturated carbocycles. The molecule has 0 atom stereocenters. The molecule has 6 rings (SSSR count). The maximum atomic E-state index is 12.9. The summed E-state index contributed by atoms with van der Waals surface area (Å²) in [5.41, 5.74) is 3.38. The zero-order chi connectivity index (χ0) is 23.4. The van der Waals surface area contributed by atoms with Crippen molar-refractivity contribution in [2.45, 2.75) is 25.8 Å². The zero-order valence-corrected chi connectivity index (χ0v) is 18.9. The summed E-state index contributed by atoms with van der Waals surface area (Å²) in [6.45, 7) is 0.154. The molecule has 2 aromatic heterocycles. The fourth-order valence-corrected chi connectivity index (χ4v) is 5.18. The third kappa shape index (κ3) is 3.24. The molecule has 170 valence electrons. The number of rotatable bonds is 4. The predicted molar refractivity (Wildman–Crippen MR) is 122 cm³/mol. The second-order valence-corrected chi connectivity index (χ2v) is 9.09. The van der Waals surface area contributed by atoms with Crippen molar-refractivity contribution in [3.8, 4) is 22.1 Å². The number of aromatic nitrogens is 4. The van der Waals surface area contributed by atoms with Gasteiger partial charge in [0.2, 0.25) is 11.8 Å². The van der Waals surface area contributed by atoms with E-state index in [1.54, 1.807) is 30.1 Å². The van der Waals surface area contributed by atoms with Crippen LogP contribution in [0.25, 0.3) is 26.6 Å². The maximum absolute atomic E-state index is 12.9. The lowest BCUT2D eigenvalue weighted by molar-refractivity contribution is -0.163. The van der Waals surface area contributed by atoms with Crippen molar-refractivity contribution in [2.24, 2.45) is 0 Å². The van der Waals surface area contributed by atoms with Crippen molar-refractivity contribution in [3.63, 3.8) is 0 Å². The Bertz CT molecular complexity index is 1480. The number of piperidine rings is 1. The van der Waals surface area contributed by atoms with Crippen LogP contribution in [0.5, 0.6) is 5.75 Å². The molecule has 2 aromatic carbocycles. The number of fused-ring (bicyclic) bond motifs is 2. The molecule has 0 radical (unpaired) electrons. The molecule has 0 unspecified atom stereocenters. The van der Waals surface area contributed by atoms with Crippen LogP contribution < -0.4 is 4.74 Å². The van der Waals surface area contributed by atoms with Gasteiger partial charge >= 0.3 is 0 Å². The van der Waals surface area contributed by atoms with Crippen LogP contribution in [0.1, 0.15) is 35.2 Å². The largest absolute Gasteiger partial charge is 0.497 e. The smallest absolute Gasteiger partial charge is 0.273 e. The molecule has 0 aliphatic carbocycles. The van der Waals surface area contributed by atoms with Crippen LogP contribution >= 0.6 is 11.3 Å². The van der Waals surface area contributed by atoms with Crippen molar-refractivity contribution in [2.75, 3.05) is 7.11 Å². The number of thiazole rings is 1. The van der Waals surface area contributed by atoms with E-state index in [1.165, 1.54) is 16.3 Å². The number of carbonyl (C=O) groups is 3. The maximum Gasteiger partial charge on any atom is 0.273 e. The number of hydrazine groups is 1. The molecule has 2 aliphatic heterocycles. The first kappa shape index (κ1) is 20.5. The number of benzene rings is 2. The molecule has 0 N–H and O–H groups in total. The monoisotopic (exact) mass is 474 g/mol. The lowest BCUT2D eigenvalue weighted by Gasteiger charge is -2.32. The SMILES string of the molecule is COc1ccc2nc(-c3cn(-c4ccc5c(c4)CN(N4C(=O)CCCC4=O)C5=O)nn3)sc2c1. The standard InChI is InChI=1S/C23H18N6O4S/c1-33-15-6-8-17-19(10-15)34-22(24-17)18-12-27(26-25-18)14-5-7-16-13(9-14)11-28(23(16)32)29-20(30)3-2-4-21(29)31/h5-10,12H,2-4,11H2,1H3. The lowest BCUT2D eigenvalue weighted by atomic mass is 10.1. The predicted octanol–water partition coefficient (Wildman–Crippen LogP) is 2.96. The van der Waals surface area contributed by atoms with Gasteiger partial charge in [0, 0.05) is 18.4 Å². The Labute approximate surface area is 197 Å². The summed E-state index contributed by atoms with van der Waals surface area (Å²) < 4.78 is 7.89.